The van der Waals surface area contributed by atoms with Gasteiger partial charge in [-0.3, -0.25) is 0 Å². The minimum absolute atomic E-state index is 0.00213. The van der Waals surface area contributed by atoms with Crippen LogP contribution >= 0.6 is 0 Å². The third-order valence-electron chi connectivity index (χ3n) is 12.4. The monoisotopic (exact) mass is 734 g/mol. The average Bonchev–Trinajstić information content (AvgIpc) is 3.07. The molecule has 286 valence electrons. The van der Waals surface area contributed by atoms with Gasteiger partial charge in [0.25, 0.3) is 0 Å². The summed E-state index contributed by atoms with van der Waals surface area (Å²) in [5.41, 5.74) is 1.23. The summed E-state index contributed by atoms with van der Waals surface area (Å²) < 4.78 is 122. The molecule has 4 saturated carbocycles. The summed E-state index contributed by atoms with van der Waals surface area (Å²) in [5, 5.41) is 0. The van der Waals surface area contributed by atoms with Crippen molar-refractivity contribution in [3.8, 4) is 11.5 Å². The maximum atomic E-state index is 13.9. The fourth-order valence-electron chi connectivity index (χ4n) is 9.37. The van der Waals surface area contributed by atoms with Crippen molar-refractivity contribution in [1.82, 2.24) is 0 Å². The molecule has 0 radical (unpaired) electrons. The number of rotatable bonds is 6. The number of halogens is 9. The number of benzene rings is 2. The van der Waals surface area contributed by atoms with Crippen LogP contribution in [-0.2, 0) is 0 Å². The van der Waals surface area contributed by atoms with E-state index < -0.39 is 41.7 Å². The van der Waals surface area contributed by atoms with Crippen LogP contribution in [0.2, 0.25) is 0 Å². The van der Waals surface area contributed by atoms with Gasteiger partial charge in [0.2, 0.25) is 5.75 Å². The van der Waals surface area contributed by atoms with E-state index in [9.17, 15) is 39.5 Å². The van der Waals surface area contributed by atoms with Gasteiger partial charge in [0.15, 0.2) is 23.2 Å². The number of ether oxygens (including phenoxy) is 2. The molecule has 2 aromatic rings. The zero-order valence-corrected chi connectivity index (χ0v) is 29.5. The van der Waals surface area contributed by atoms with Crippen molar-refractivity contribution in [1.29, 1.82) is 0 Å². The summed E-state index contributed by atoms with van der Waals surface area (Å²) in [6, 6.07) is 5.90. The van der Waals surface area contributed by atoms with Crippen LogP contribution < -0.4 is 9.47 Å². The SMILES string of the molecule is CC1CCC(C2CCC(c3cc(F)c(OC(F)(F)F)c(F)c3)CC2)CC1.CC1CCC(C2CCC(c3ccc(OC(F)(F)F)c(F)c3)CC2)CC1. The van der Waals surface area contributed by atoms with Gasteiger partial charge < -0.3 is 9.47 Å². The molecule has 0 saturated heterocycles. The fraction of sp³-hybridized carbons (Fsp3) is 0.700. The summed E-state index contributed by atoms with van der Waals surface area (Å²) >= 11 is 0. The summed E-state index contributed by atoms with van der Waals surface area (Å²) in [5.74, 6) is -0.709. The first kappa shape index (κ1) is 39.6. The van der Waals surface area contributed by atoms with Crippen LogP contribution in [0.5, 0.6) is 11.5 Å². The lowest BCUT2D eigenvalue weighted by Crippen LogP contribution is -2.25. The molecule has 0 N–H and O–H groups in total. The third kappa shape index (κ3) is 11.4. The second-order valence-electron chi connectivity index (χ2n) is 15.9. The molecular weight excluding hydrogens is 683 g/mol. The normalized spacial score (nSPS) is 30.6. The number of hydrogen-bond donors (Lipinski definition) is 0. The largest absolute Gasteiger partial charge is 0.573 e. The van der Waals surface area contributed by atoms with E-state index in [1.165, 1.54) is 57.4 Å². The van der Waals surface area contributed by atoms with Crippen molar-refractivity contribution in [3.05, 3.63) is 58.9 Å². The van der Waals surface area contributed by atoms with Gasteiger partial charge in [0.05, 0.1) is 0 Å². The molecule has 0 aromatic heterocycles. The lowest BCUT2D eigenvalue weighted by Gasteiger charge is -2.37. The van der Waals surface area contributed by atoms with Gasteiger partial charge in [0, 0.05) is 0 Å². The molecule has 0 aliphatic heterocycles. The van der Waals surface area contributed by atoms with Gasteiger partial charge in [-0.25, -0.2) is 13.2 Å². The first-order valence-electron chi connectivity index (χ1n) is 18.8. The van der Waals surface area contributed by atoms with Gasteiger partial charge in [-0.05, 0) is 160 Å². The van der Waals surface area contributed by atoms with E-state index in [1.54, 1.807) is 6.07 Å². The summed E-state index contributed by atoms with van der Waals surface area (Å²) in [7, 11) is 0. The van der Waals surface area contributed by atoms with Gasteiger partial charge in [0.1, 0.15) is 0 Å². The average molecular weight is 735 g/mol. The Morgan fingerprint density at radius 1 is 0.451 bits per heavy atom. The fourth-order valence-corrected chi connectivity index (χ4v) is 9.37. The van der Waals surface area contributed by atoms with E-state index in [0.717, 1.165) is 105 Å². The first-order chi connectivity index (χ1) is 24.0. The van der Waals surface area contributed by atoms with E-state index >= 15 is 0 Å². The van der Waals surface area contributed by atoms with Crippen LogP contribution in [0, 0.1) is 53.0 Å². The van der Waals surface area contributed by atoms with Crippen molar-refractivity contribution in [2.45, 2.75) is 141 Å². The van der Waals surface area contributed by atoms with Crippen LogP contribution in [0.1, 0.15) is 140 Å². The Labute approximate surface area is 295 Å². The topological polar surface area (TPSA) is 18.5 Å². The van der Waals surface area contributed by atoms with Gasteiger partial charge >= 0.3 is 12.7 Å². The second kappa shape index (κ2) is 17.0. The Bertz CT molecular complexity index is 1370. The number of hydrogen-bond acceptors (Lipinski definition) is 2. The highest BCUT2D eigenvalue weighted by Crippen LogP contribution is 2.46. The summed E-state index contributed by atoms with van der Waals surface area (Å²) in [6.45, 7) is 4.62. The van der Waals surface area contributed by atoms with Crippen LogP contribution in [-0.4, -0.2) is 12.7 Å². The molecule has 0 unspecified atom stereocenters. The van der Waals surface area contributed by atoms with Crippen molar-refractivity contribution in [2.75, 3.05) is 0 Å². The van der Waals surface area contributed by atoms with Gasteiger partial charge in [-0.1, -0.05) is 45.6 Å². The molecular formula is C40H51F9O2. The van der Waals surface area contributed by atoms with Crippen LogP contribution in [0.25, 0.3) is 0 Å². The lowest BCUT2D eigenvalue weighted by atomic mass is 9.68. The van der Waals surface area contributed by atoms with Crippen molar-refractivity contribution < 1.29 is 49.0 Å². The molecule has 2 aromatic carbocycles. The lowest BCUT2D eigenvalue weighted by molar-refractivity contribution is -0.277. The van der Waals surface area contributed by atoms with Crippen LogP contribution in [0.15, 0.2) is 30.3 Å². The summed E-state index contributed by atoms with van der Waals surface area (Å²) in [6.07, 6.45) is 8.41. The van der Waals surface area contributed by atoms with E-state index in [0.29, 0.717) is 11.5 Å². The second-order valence-corrected chi connectivity index (χ2v) is 15.9. The number of alkyl halides is 6. The maximum Gasteiger partial charge on any atom is 0.573 e. The smallest absolute Gasteiger partial charge is 0.403 e. The zero-order valence-electron chi connectivity index (χ0n) is 29.5. The molecule has 0 heterocycles. The van der Waals surface area contributed by atoms with E-state index in [-0.39, 0.29) is 11.8 Å². The van der Waals surface area contributed by atoms with Crippen molar-refractivity contribution in [2.24, 2.45) is 35.5 Å². The Morgan fingerprint density at radius 2 is 0.804 bits per heavy atom. The molecule has 0 atom stereocenters. The minimum Gasteiger partial charge on any atom is -0.403 e. The van der Waals surface area contributed by atoms with Crippen LogP contribution in [0.3, 0.4) is 0 Å². The van der Waals surface area contributed by atoms with Crippen molar-refractivity contribution >= 4 is 0 Å². The third-order valence-corrected chi connectivity index (χ3v) is 12.4. The minimum atomic E-state index is -5.11. The highest BCUT2D eigenvalue weighted by atomic mass is 19.4. The molecule has 4 aliphatic carbocycles. The summed E-state index contributed by atoms with van der Waals surface area (Å²) in [4.78, 5) is 0. The molecule has 51 heavy (non-hydrogen) atoms. The molecule has 11 heteroatoms. The predicted molar refractivity (Wildman–Crippen MR) is 178 cm³/mol. The van der Waals surface area contributed by atoms with Crippen molar-refractivity contribution in [3.63, 3.8) is 0 Å². The molecule has 6 rings (SSSR count). The zero-order chi connectivity index (χ0) is 36.9. The predicted octanol–water partition coefficient (Wildman–Crippen LogP) is 13.8. The van der Waals surface area contributed by atoms with E-state index in [4.69, 9.17) is 0 Å². The van der Waals surface area contributed by atoms with E-state index in [2.05, 4.69) is 23.3 Å². The molecule has 0 bridgehead atoms. The van der Waals surface area contributed by atoms with Gasteiger partial charge in [-0.2, -0.15) is 0 Å². The Morgan fingerprint density at radius 3 is 1.18 bits per heavy atom. The highest BCUT2D eigenvalue weighted by molar-refractivity contribution is 5.34. The maximum absolute atomic E-state index is 13.9. The molecule has 0 spiro atoms. The van der Waals surface area contributed by atoms with E-state index in [1.807, 2.05) is 0 Å². The molecule has 2 nitrogen and oxygen atoms in total. The standard InChI is InChI=1S/C20H25F5O.C20H26F4O/c1-12-2-4-13(5-3-12)14-6-8-15(9-7-14)16-10-17(21)19(18(22)11-16)26-20(23,24)25;1-13-2-4-14(5-3-13)15-6-8-16(9-7-15)17-10-11-19(18(21)12-17)25-20(22,23)24/h10-15H,2-9H2,1H3;10-16H,2-9H2,1H3. The Balaban J connectivity index is 0.000000198. The van der Waals surface area contributed by atoms with Gasteiger partial charge in [-0.15, -0.1) is 26.3 Å². The molecule has 4 aliphatic rings. The highest BCUT2D eigenvalue weighted by Gasteiger charge is 2.36. The quantitative estimate of drug-likeness (QED) is 0.275. The van der Waals surface area contributed by atoms with Crippen LogP contribution in [0.4, 0.5) is 39.5 Å². The Hall–Kier alpha value is -2.59. The molecule has 4 fully saturated rings. The Kier molecular flexibility index (Phi) is 13.2. The molecule has 0 amide bonds. The first-order valence-corrected chi connectivity index (χ1v) is 18.8.